The topological polar surface area (TPSA) is 127 Å². The molecule has 10 nitrogen and oxygen atoms in total. The van der Waals surface area contributed by atoms with E-state index in [1.807, 2.05) is 0 Å². The van der Waals surface area contributed by atoms with E-state index in [2.05, 4.69) is 20.6 Å². The number of fused-ring (bicyclic) bond motifs is 1. The van der Waals surface area contributed by atoms with Gasteiger partial charge in [0, 0.05) is 24.4 Å². The number of hydrogen-bond donors (Lipinski definition) is 2. The van der Waals surface area contributed by atoms with E-state index in [9.17, 15) is 14.4 Å². The van der Waals surface area contributed by atoms with Gasteiger partial charge in [-0.3, -0.25) is 19.4 Å². The molecule has 0 spiro atoms. The number of aromatic nitrogens is 2. The molecule has 1 aliphatic heterocycles. The summed E-state index contributed by atoms with van der Waals surface area (Å²) < 4.78 is 11.0. The van der Waals surface area contributed by atoms with Gasteiger partial charge in [0.1, 0.15) is 30.4 Å². The van der Waals surface area contributed by atoms with Crippen LogP contribution in [0.15, 0.2) is 41.1 Å². The van der Waals surface area contributed by atoms with E-state index in [1.54, 1.807) is 35.4 Å². The Morgan fingerprint density at radius 1 is 1.09 bits per heavy atom. The second kappa shape index (κ2) is 9.40. The molecule has 0 bridgehead atoms. The zero-order valence-corrected chi connectivity index (χ0v) is 18.9. The minimum atomic E-state index is -0.570. The summed E-state index contributed by atoms with van der Waals surface area (Å²) in [5.41, 5.74) is 0.985. The SMILES string of the molecule is O=C(Nc1ccc(Cl)cn1)c1oc2cccnc2c1NC(=O)[C@H]1CC[C@H](N2COCC2=O)CC1. The summed E-state index contributed by atoms with van der Waals surface area (Å²) in [6, 6.07) is 6.61. The third kappa shape index (κ3) is 4.46. The molecule has 3 amide bonds. The first-order chi connectivity index (χ1) is 16.5. The number of amides is 3. The maximum atomic E-state index is 13.1. The van der Waals surface area contributed by atoms with Gasteiger partial charge in [-0.15, -0.1) is 0 Å². The van der Waals surface area contributed by atoms with E-state index < -0.39 is 5.91 Å². The standard InChI is InChI=1S/C23H22ClN5O5/c24-14-5-8-17(26-10-14)27-23(32)21-20(19-16(34-21)2-1-9-25-19)28-22(31)13-3-6-15(7-4-13)29-12-33-11-18(29)30/h1-2,5,8-10,13,15H,3-4,6-7,11-12H2,(H,28,31)(H,26,27,32)/t13-,15-. The van der Waals surface area contributed by atoms with E-state index in [0.717, 1.165) is 0 Å². The molecule has 0 aromatic carbocycles. The molecule has 1 aliphatic carbocycles. The summed E-state index contributed by atoms with van der Waals surface area (Å²) in [5.74, 6) is -0.813. The summed E-state index contributed by atoms with van der Waals surface area (Å²) in [6.45, 7) is 0.436. The number of nitrogens with one attached hydrogen (secondary N) is 2. The maximum absolute atomic E-state index is 13.1. The maximum Gasteiger partial charge on any atom is 0.294 e. The number of furan rings is 1. The van der Waals surface area contributed by atoms with Crippen molar-refractivity contribution in [1.29, 1.82) is 0 Å². The van der Waals surface area contributed by atoms with Gasteiger partial charge in [0.05, 0.1) is 5.02 Å². The highest BCUT2D eigenvalue weighted by Gasteiger charge is 2.35. The smallest absolute Gasteiger partial charge is 0.294 e. The normalized spacial score (nSPS) is 20.5. The van der Waals surface area contributed by atoms with Crippen molar-refractivity contribution >= 4 is 51.9 Å². The number of carbonyl (C=O) groups excluding carboxylic acids is 3. The Labute approximate surface area is 199 Å². The van der Waals surface area contributed by atoms with Gasteiger partial charge in [0.25, 0.3) is 11.8 Å². The third-order valence-electron chi connectivity index (χ3n) is 6.15. The van der Waals surface area contributed by atoms with Crippen LogP contribution in [0.25, 0.3) is 11.1 Å². The predicted octanol–water partition coefficient (Wildman–Crippen LogP) is 3.44. The molecule has 3 aromatic heterocycles. The summed E-state index contributed by atoms with van der Waals surface area (Å²) in [4.78, 5) is 48.1. The number of halogens is 1. The van der Waals surface area contributed by atoms with E-state index in [0.29, 0.717) is 54.4 Å². The number of hydrogen-bond acceptors (Lipinski definition) is 7. The largest absolute Gasteiger partial charge is 0.447 e. The summed E-state index contributed by atoms with van der Waals surface area (Å²) in [7, 11) is 0. The zero-order chi connectivity index (χ0) is 23.7. The lowest BCUT2D eigenvalue weighted by Crippen LogP contribution is -2.41. The molecule has 0 radical (unpaired) electrons. The molecule has 176 valence electrons. The van der Waals surface area contributed by atoms with Gasteiger partial charge in [-0.05, 0) is 49.9 Å². The lowest BCUT2D eigenvalue weighted by Gasteiger charge is -2.33. The van der Waals surface area contributed by atoms with Crippen molar-refractivity contribution < 1.29 is 23.5 Å². The lowest BCUT2D eigenvalue weighted by atomic mass is 9.85. The molecular formula is C23H22ClN5O5. The number of rotatable bonds is 5. The van der Waals surface area contributed by atoms with Crippen LogP contribution in [0.3, 0.4) is 0 Å². The fraction of sp³-hybridized carbons (Fsp3) is 0.348. The second-order valence-electron chi connectivity index (χ2n) is 8.31. The average Bonchev–Trinajstić information content (AvgIpc) is 3.44. The highest BCUT2D eigenvalue weighted by Crippen LogP contribution is 2.33. The Balaban J connectivity index is 1.32. The third-order valence-corrected chi connectivity index (χ3v) is 6.38. The van der Waals surface area contributed by atoms with Crippen molar-refractivity contribution in [2.24, 2.45) is 5.92 Å². The predicted molar refractivity (Wildman–Crippen MR) is 123 cm³/mol. The van der Waals surface area contributed by atoms with Crippen LogP contribution < -0.4 is 10.6 Å². The Morgan fingerprint density at radius 3 is 2.62 bits per heavy atom. The number of ether oxygens (including phenoxy) is 1. The summed E-state index contributed by atoms with van der Waals surface area (Å²) in [6.07, 6.45) is 5.66. The number of pyridine rings is 2. The van der Waals surface area contributed by atoms with Gasteiger partial charge in [-0.25, -0.2) is 4.98 Å². The van der Waals surface area contributed by atoms with Crippen LogP contribution in [0.5, 0.6) is 0 Å². The molecule has 2 fully saturated rings. The van der Waals surface area contributed by atoms with Crippen LogP contribution in [0.4, 0.5) is 11.5 Å². The molecule has 0 atom stereocenters. The number of anilines is 2. The Kier molecular flexibility index (Phi) is 6.16. The highest BCUT2D eigenvalue weighted by atomic mass is 35.5. The van der Waals surface area contributed by atoms with Crippen molar-refractivity contribution in [3.05, 3.63) is 47.4 Å². The summed E-state index contributed by atoms with van der Waals surface area (Å²) >= 11 is 5.85. The van der Waals surface area contributed by atoms with Crippen molar-refractivity contribution in [2.75, 3.05) is 24.0 Å². The molecule has 5 rings (SSSR count). The average molecular weight is 484 g/mol. The molecule has 2 N–H and O–H groups in total. The Hall–Kier alpha value is -3.50. The van der Waals surface area contributed by atoms with E-state index in [1.165, 1.54) is 6.20 Å². The van der Waals surface area contributed by atoms with Crippen LogP contribution in [-0.2, 0) is 14.3 Å². The molecule has 4 heterocycles. The van der Waals surface area contributed by atoms with Crippen molar-refractivity contribution in [1.82, 2.24) is 14.9 Å². The zero-order valence-electron chi connectivity index (χ0n) is 18.1. The van der Waals surface area contributed by atoms with E-state index in [4.69, 9.17) is 20.8 Å². The van der Waals surface area contributed by atoms with Crippen LogP contribution in [-0.4, -0.2) is 52.0 Å². The second-order valence-corrected chi connectivity index (χ2v) is 8.74. The fourth-order valence-electron chi connectivity index (χ4n) is 4.40. The Bertz CT molecular complexity index is 1240. The van der Waals surface area contributed by atoms with Gasteiger partial charge < -0.3 is 24.7 Å². The van der Waals surface area contributed by atoms with Crippen molar-refractivity contribution in [3.8, 4) is 0 Å². The minimum Gasteiger partial charge on any atom is -0.447 e. The van der Waals surface area contributed by atoms with E-state index in [-0.39, 0.29) is 41.8 Å². The van der Waals surface area contributed by atoms with Crippen molar-refractivity contribution in [3.63, 3.8) is 0 Å². The molecule has 0 unspecified atom stereocenters. The molecule has 11 heteroatoms. The van der Waals surface area contributed by atoms with Crippen LogP contribution in [0.2, 0.25) is 5.02 Å². The molecule has 2 aliphatic rings. The first-order valence-corrected chi connectivity index (χ1v) is 11.4. The van der Waals surface area contributed by atoms with Crippen LogP contribution in [0.1, 0.15) is 36.2 Å². The number of nitrogens with zero attached hydrogens (tertiary/aromatic N) is 3. The van der Waals surface area contributed by atoms with Crippen molar-refractivity contribution in [2.45, 2.75) is 31.7 Å². The molecule has 1 saturated carbocycles. The molecule has 3 aromatic rings. The first-order valence-electron chi connectivity index (χ1n) is 11.0. The van der Waals surface area contributed by atoms with Gasteiger partial charge in [-0.1, -0.05) is 11.6 Å². The van der Waals surface area contributed by atoms with Gasteiger partial charge in [0.2, 0.25) is 11.7 Å². The fourth-order valence-corrected chi connectivity index (χ4v) is 4.51. The van der Waals surface area contributed by atoms with Crippen LogP contribution >= 0.6 is 11.6 Å². The van der Waals surface area contributed by atoms with Gasteiger partial charge in [-0.2, -0.15) is 0 Å². The summed E-state index contributed by atoms with van der Waals surface area (Å²) in [5, 5.41) is 5.96. The first kappa shape index (κ1) is 22.3. The number of carbonyl (C=O) groups is 3. The molecular weight excluding hydrogens is 462 g/mol. The quantitative estimate of drug-likeness (QED) is 0.569. The van der Waals surface area contributed by atoms with Gasteiger partial charge >= 0.3 is 0 Å². The molecule has 1 saturated heterocycles. The monoisotopic (exact) mass is 483 g/mol. The van der Waals surface area contributed by atoms with Gasteiger partial charge in [0.15, 0.2) is 5.58 Å². The lowest BCUT2D eigenvalue weighted by molar-refractivity contribution is -0.129. The highest BCUT2D eigenvalue weighted by molar-refractivity contribution is 6.30. The van der Waals surface area contributed by atoms with E-state index >= 15 is 0 Å². The molecule has 34 heavy (non-hydrogen) atoms. The van der Waals surface area contributed by atoms with Crippen LogP contribution in [0, 0.1) is 5.92 Å². The Morgan fingerprint density at radius 2 is 1.91 bits per heavy atom. The minimum absolute atomic E-state index is 0.00493.